The second-order valence-corrected chi connectivity index (χ2v) is 5.30. The van der Waals surface area contributed by atoms with Crippen molar-refractivity contribution in [3.63, 3.8) is 0 Å². The first-order chi connectivity index (χ1) is 9.74. The third kappa shape index (κ3) is 2.69. The summed E-state index contributed by atoms with van der Waals surface area (Å²) in [4.78, 5) is 7.76. The smallest absolute Gasteiger partial charge is 0.124 e. The number of halogens is 1. The van der Waals surface area contributed by atoms with Gasteiger partial charge < -0.3 is 10.7 Å². The minimum Gasteiger partial charge on any atom is -0.341 e. The minimum atomic E-state index is -0.112. The quantitative estimate of drug-likeness (QED) is 0.765. The van der Waals surface area contributed by atoms with Gasteiger partial charge in [0.1, 0.15) is 11.3 Å². The third-order valence-corrected chi connectivity index (χ3v) is 3.72. The van der Waals surface area contributed by atoms with Gasteiger partial charge in [-0.3, -0.25) is 0 Å². The molecule has 0 aliphatic heterocycles. The first-order valence-electron chi connectivity index (χ1n) is 6.67. The van der Waals surface area contributed by atoms with Crippen LogP contribution in [0.5, 0.6) is 0 Å². The molecule has 1 aromatic heterocycles. The van der Waals surface area contributed by atoms with Crippen LogP contribution >= 0.6 is 11.6 Å². The van der Waals surface area contributed by atoms with Crippen LogP contribution in [0.3, 0.4) is 0 Å². The minimum absolute atomic E-state index is 0.112. The van der Waals surface area contributed by atoms with Gasteiger partial charge in [-0.25, -0.2) is 4.98 Å². The summed E-state index contributed by atoms with van der Waals surface area (Å²) in [6.45, 7) is 0. The van der Waals surface area contributed by atoms with Crippen LogP contribution in [-0.4, -0.2) is 9.97 Å². The molecule has 1 heterocycles. The van der Waals surface area contributed by atoms with Gasteiger partial charge in [-0.1, -0.05) is 48.0 Å². The first kappa shape index (κ1) is 13.2. The van der Waals surface area contributed by atoms with Gasteiger partial charge in [-0.15, -0.1) is 0 Å². The van der Waals surface area contributed by atoms with E-state index in [1.165, 1.54) is 5.56 Å². The summed E-state index contributed by atoms with van der Waals surface area (Å²) in [5.41, 5.74) is 9.23. The molecule has 0 radical (unpaired) electrons. The van der Waals surface area contributed by atoms with Crippen molar-refractivity contribution in [2.45, 2.75) is 18.9 Å². The fraction of sp³-hybridized carbons (Fsp3) is 0.188. The molecule has 1 unspecified atom stereocenters. The topological polar surface area (TPSA) is 54.7 Å². The van der Waals surface area contributed by atoms with Gasteiger partial charge >= 0.3 is 0 Å². The highest BCUT2D eigenvalue weighted by molar-refractivity contribution is 6.34. The van der Waals surface area contributed by atoms with E-state index >= 15 is 0 Å². The molecular weight excluding hydrogens is 270 g/mol. The van der Waals surface area contributed by atoms with Crippen molar-refractivity contribution >= 4 is 22.6 Å². The van der Waals surface area contributed by atoms with E-state index < -0.39 is 0 Å². The number of nitrogens with two attached hydrogens (primary N) is 1. The standard InChI is InChI=1S/C16H16ClN3/c17-12-7-4-8-14-15(12)20-16(19-14)13(18)10-9-11-5-2-1-3-6-11/h1-8,13H,9-10,18H2,(H,19,20). The number of nitrogens with zero attached hydrogens (tertiary/aromatic N) is 1. The molecule has 0 saturated heterocycles. The summed E-state index contributed by atoms with van der Waals surface area (Å²) < 4.78 is 0. The Hall–Kier alpha value is -1.84. The lowest BCUT2D eigenvalue weighted by Gasteiger charge is -2.08. The molecule has 0 bridgehead atoms. The predicted octanol–water partition coefficient (Wildman–Crippen LogP) is 3.85. The van der Waals surface area contributed by atoms with Crippen LogP contribution in [-0.2, 0) is 6.42 Å². The molecule has 102 valence electrons. The monoisotopic (exact) mass is 285 g/mol. The van der Waals surface area contributed by atoms with E-state index in [9.17, 15) is 0 Å². The van der Waals surface area contributed by atoms with E-state index in [2.05, 4.69) is 22.1 Å². The Morgan fingerprint density at radius 2 is 1.90 bits per heavy atom. The molecule has 0 amide bonds. The number of benzene rings is 2. The summed E-state index contributed by atoms with van der Waals surface area (Å²) in [6.07, 6.45) is 1.79. The molecule has 4 heteroatoms. The van der Waals surface area contributed by atoms with Gasteiger partial charge in [-0.05, 0) is 30.5 Å². The van der Waals surface area contributed by atoms with Gasteiger partial charge in [0.05, 0.1) is 16.6 Å². The van der Waals surface area contributed by atoms with Crippen LogP contribution < -0.4 is 5.73 Å². The molecule has 20 heavy (non-hydrogen) atoms. The second-order valence-electron chi connectivity index (χ2n) is 4.89. The molecule has 3 N–H and O–H groups in total. The molecule has 0 fully saturated rings. The van der Waals surface area contributed by atoms with Gasteiger partial charge in [0.15, 0.2) is 0 Å². The van der Waals surface area contributed by atoms with Crippen molar-refractivity contribution in [3.8, 4) is 0 Å². The molecule has 0 spiro atoms. The number of aromatic nitrogens is 2. The van der Waals surface area contributed by atoms with E-state index in [0.29, 0.717) is 5.02 Å². The number of aromatic amines is 1. The molecule has 0 saturated carbocycles. The SMILES string of the molecule is NC(CCc1ccccc1)c1nc2c(Cl)cccc2[nH]1. The zero-order valence-electron chi connectivity index (χ0n) is 11.0. The fourth-order valence-corrected chi connectivity index (χ4v) is 2.51. The Morgan fingerprint density at radius 3 is 2.65 bits per heavy atom. The summed E-state index contributed by atoms with van der Waals surface area (Å²) in [5, 5.41) is 0.653. The highest BCUT2D eigenvalue weighted by Gasteiger charge is 2.12. The summed E-state index contributed by atoms with van der Waals surface area (Å²) in [7, 11) is 0. The van der Waals surface area contributed by atoms with E-state index in [4.69, 9.17) is 17.3 Å². The van der Waals surface area contributed by atoms with Crippen molar-refractivity contribution in [3.05, 3.63) is 64.9 Å². The lowest BCUT2D eigenvalue weighted by atomic mass is 10.1. The average molecular weight is 286 g/mol. The van der Waals surface area contributed by atoms with Crippen molar-refractivity contribution in [2.24, 2.45) is 5.73 Å². The third-order valence-electron chi connectivity index (χ3n) is 3.42. The summed E-state index contributed by atoms with van der Waals surface area (Å²) in [5.74, 6) is 0.795. The second kappa shape index (κ2) is 5.65. The maximum Gasteiger partial charge on any atom is 0.124 e. The van der Waals surface area contributed by atoms with Crippen molar-refractivity contribution in [1.82, 2.24) is 9.97 Å². The molecule has 3 nitrogen and oxygen atoms in total. The number of aryl methyl sites for hydroxylation is 1. The van der Waals surface area contributed by atoms with Crippen LogP contribution in [0.15, 0.2) is 48.5 Å². The zero-order valence-corrected chi connectivity index (χ0v) is 11.8. The number of nitrogens with one attached hydrogen (secondary N) is 1. The number of hydrogen-bond donors (Lipinski definition) is 2. The van der Waals surface area contributed by atoms with Crippen molar-refractivity contribution in [2.75, 3.05) is 0 Å². The number of hydrogen-bond acceptors (Lipinski definition) is 2. The van der Waals surface area contributed by atoms with E-state index in [-0.39, 0.29) is 6.04 Å². The number of imidazole rings is 1. The van der Waals surface area contributed by atoms with Crippen molar-refractivity contribution < 1.29 is 0 Å². The molecule has 0 aliphatic carbocycles. The van der Waals surface area contributed by atoms with E-state index in [1.54, 1.807) is 0 Å². The maximum absolute atomic E-state index is 6.22. The van der Waals surface area contributed by atoms with Crippen molar-refractivity contribution in [1.29, 1.82) is 0 Å². The van der Waals surface area contributed by atoms with Crippen LogP contribution in [0.4, 0.5) is 0 Å². The van der Waals surface area contributed by atoms with E-state index in [0.717, 1.165) is 29.7 Å². The zero-order chi connectivity index (χ0) is 13.9. The Morgan fingerprint density at radius 1 is 1.10 bits per heavy atom. The Kier molecular flexibility index (Phi) is 3.72. The Labute approximate surface area is 122 Å². The number of rotatable bonds is 4. The molecule has 3 rings (SSSR count). The Balaban J connectivity index is 1.75. The van der Waals surface area contributed by atoms with Crippen LogP contribution in [0.2, 0.25) is 5.02 Å². The first-order valence-corrected chi connectivity index (χ1v) is 7.05. The lowest BCUT2D eigenvalue weighted by Crippen LogP contribution is -2.13. The van der Waals surface area contributed by atoms with Gasteiger partial charge in [-0.2, -0.15) is 0 Å². The van der Waals surface area contributed by atoms with Crippen LogP contribution in [0.25, 0.3) is 11.0 Å². The normalized spacial score (nSPS) is 12.7. The molecule has 2 aromatic carbocycles. The predicted molar refractivity (Wildman–Crippen MR) is 82.8 cm³/mol. The van der Waals surface area contributed by atoms with Crippen LogP contribution in [0.1, 0.15) is 23.9 Å². The highest BCUT2D eigenvalue weighted by atomic mass is 35.5. The fourth-order valence-electron chi connectivity index (χ4n) is 2.30. The van der Waals surface area contributed by atoms with Gasteiger partial charge in [0.2, 0.25) is 0 Å². The maximum atomic E-state index is 6.22. The summed E-state index contributed by atoms with van der Waals surface area (Å²) in [6, 6.07) is 15.9. The molecule has 3 aromatic rings. The largest absolute Gasteiger partial charge is 0.341 e. The van der Waals surface area contributed by atoms with Crippen LogP contribution in [0, 0.1) is 0 Å². The molecule has 1 atom stereocenters. The Bertz CT molecular complexity index is 706. The van der Waals surface area contributed by atoms with E-state index in [1.807, 2.05) is 36.4 Å². The lowest BCUT2D eigenvalue weighted by molar-refractivity contribution is 0.621. The number of fused-ring (bicyclic) bond motifs is 1. The number of H-pyrrole nitrogens is 1. The summed E-state index contributed by atoms with van der Waals surface area (Å²) >= 11 is 6.12. The van der Waals surface area contributed by atoms with Gasteiger partial charge in [0.25, 0.3) is 0 Å². The molecular formula is C16H16ClN3. The highest BCUT2D eigenvalue weighted by Crippen LogP contribution is 2.23. The molecule has 0 aliphatic rings. The average Bonchev–Trinajstić information content (AvgIpc) is 2.91. The number of para-hydroxylation sites is 1. The van der Waals surface area contributed by atoms with Gasteiger partial charge in [0, 0.05) is 0 Å².